The predicted molar refractivity (Wildman–Crippen MR) is 89.0 cm³/mol. The van der Waals surface area contributed by atoms with Gasteiger partial charge in [0.15, 0.2) is 0 Å². The van der Waals surface area contributed by atoms with E-state index in [1.54, 1.807) is 24.3 Å². The topological polar surface area (TPSA) is 53.0 Å². The van der Waals surface area contributed by atoms with Crippen LogP contribution >= 0.6 is 0 Å². The van der Waals surface area contributed by atoms with Crippen molar-refractivity contribution in [3.63, 3.8) is 0 Å². The molecular formula is C20H11FNO2-. The van der Waals surface area contributed by atoms with Gasteiger partial charge >= 0.3 is 0 Å². The maximum atomic E-state index is 14.1. The third-order valence-corrected chi connectivity index (χ3v) is 4.07. The minimum Gasteiger partial charge on any atom is -0.545 e. The summed E-state index contributed by atoms with van der Waals surface area (Å²) in [5.74, 6) is -1.76. The highest BCUT2D eigenvalue weighted by Crippen LogP contribution is 2.31. The molecule has 4 aromatic rings. The second kappa shape index (κ2) is 5.42. The molecule has 24 heavy (non-hydrogen) atoms. The average Bonchev–Trinajstić information content (AvgIpc) is 2.61. The Bertz CT molecular complexity index is 1110. The molecule has 116 valence electrons. The summed E-state index contributed by atoms with van der Waals surface area (Å²) in [6.45, 7) is 0. The van der Waals surface area contributed by atoms with Crippen molar-refractivity contribution in [3.05, 3.63) is 78.1 Å². The van der Waals surface area contributed by atoms with Crippen LogP contribution in [0.3, 0.4) is 0 Å². The summed E-state index contributed by atoms with van der Waals surface area (Å²) in [7, 11) is 0. The number of pyridine rings is 1. The maximum absolute atomic E-state index is 14.1. The Kier molecular flexibility index (Phi) is 3.24. The number of carboxylic acid groups (broad SMARTS) is 1. The first-order chi connectivity index (χ1) is 11.6. The van der Waals surface area contributed by atoms with Gasteiger partial charge in [-0.25, -0.2) is 9.37 Å². The lowest BCUT2D eigenvalue weighted by molar-refractivity contribution is -0.254. The number of hydrogen-bond acceptors (Lipinski definition) is 3. The molecule has 0 amide bonds. The molecule has 0 saturated heterocycles. The molecule has 0 saturated carbocycles. The van der Waals surface area contributed by atoms with E-state index in [9.17, 15) is 14.3 Å². The van der Waals surface area contributed by atoms with E-state index in [0.717, 1.165) is 10.8 Å². The monoisotopic (exact) mass is 316 g/mol. The first-order valence-electron chi connectivity index (χ1n) is 7.44. The van der Waals surface area contributed by atoms with Gasteiger partial charge in [-0.05, 0) is 35.0 Å². The lowest BCUT2D eigenvalue weighted by atomic mass is 9.98. The molecule has 3 nitrogen and oxygen atoms in total. The van der Waals surface area contributed by atoms with Crippen LogP contribution in [0.5, 0.6) is 0 Å². The highest BCUT2D eigenvalue weighted by Gasteiger charge is 2.13. The van der Waals surface area contributed by atoms with Crippen LogP contribution in [0, 0.1) is 5.82 Å². The van der Waals surface area contributed by atoms with Crippen LogP contribution < -0.4 is 5.11 Å². The first kappa shape index (κ1) is 14.3. The van der Waals surface area contributed by atoms with Crippen LogP contribution in [-0.4, -0.2) is 11.0 Å². The van der Waals surface area contributed by atoms with Gasteiger partial charge < -0.3 is 9.90 Å². The normalized spacial score (nSPS) is 11.0. The van der Waals surface area contributed by atoms with Crippen LogP contribution in [0.1, 0.15) is 10.4 Å². The van der Waals surface area contributed by atoms with E-state index >= 15 is 0 Å². The number of hydrogen-bond donors (Lipinski definition) is 0. The number of aromatic nitrogens is 1. The van der Waals surface area contributed by atoms with Crippen LogP contribution in [0.2, 0.25) is 0 Å². The molecule has 0 radical (unpaired) electrons. The zero-order valence-electron chi connectivity index (χ0n) is 12.5. The van der Waals surface area contributed by atoms with E-state index in [1.165, 1.54) is 12.1 Å². The summed E-state index contributed by atoms with van der Waals surface area (Å²) in [5.41, 5.74) is 1.04. The Morgan fingerprint density at radius 1 is 0.958 bits per heavy atom. The molecule has 1 aromatic heterocycles. The average molecular weight is 316 g/mol. The predicted octanol–water partition coefficient (Wildman–Crippen LogP) is 3.56. The van der Waals surface area contributed by atoms with Crippen molar-refractivity contribution in [2.45, 2.75) is 0 Å². The van der Waals surface area contributed by atoms with E-state index in [2.05, 4.69) is 4.98 Å². The second-order valence-electron chi connectivity index (χ2n) is 5.50. The molecular weight excluding hydrogens is 305 g/mol. The van der Waals surface area contributed by atoms with E-state index in [0.29, 0.717) is 10.9 Å². The molecule has 0 bridgehead atoms. The number of fused-ring (bicyclic) bond motifs is 3. The summed E-state index contributed by atoms with van der Waals surface area (Å²) >= 11 is 0. The number of aromatic carboxylic acids is 1. The van der Waals surface area contributed by atoms with Gasteiger partial charge in [-0.3, -0.25) is 0 Å². The third-order valence-electron chi connectivity index (χ3n) is 4.07. The Labute approximate surface area is 137 Å². The zero-order chi connectivity index (χ0) is 16.7. The van der Waals surface area contributed by atoms with E-state index < -0.39 is 11.8 Å². The van der Waals surface area contributed by atoms with Crippen LogP contribution in [0.15, 0.2) is 66.7 Å². The van der Waals surface area contributed by atoms with Crippen molar-refractivity contribution in [2.75, 3.05) is 0 Å². The van der Waals surface area contributed by atoms with Gasteiger partial charge in [0.25, 0.3) is 0 Å². The van der Waals surface area contributed by atoms with Crippen LogP contribution in [-0.2, 0) is 0 Å². The Morgan fingerprint density at radius 3 is 2.50 bits per heavy atom. The minimum atomic E-state index is -1.31. The van der Waals surface area contributed by atoms with Gasteiger partial charge in [-0.1, -0.05) is 42.5 Å². The van der Waals surface area contributed by atoms with Crippen molar-refractivity contribution < 1.29 is 14.3 Å². The Hall–Kier alpha value is -3.27. The third kappa shape index (κ3) is 2.20. The molecule has 3 aromatic carbocycles. The molecule has 0 aliphatic rings. The quantitative estimate of drug-likeness (QED) is 0.531. The smallest absolute Gasteiger partial charge is 0.132 e. The molecule has 0 N–H and O–H groups in total. The molecule has 1 heterocycles. The largest absolute Gasteiger partial charge is 0.545 e. The van der Waals surface area contributed by atoms with Crippen molar-refractivity contribution in [2.24, 2.45) is 0 Å². The van der Waals surface area contributed by atoms with Gasteiger partial charge in [-0.15, -0.1) is 0 Å². The second-order valence-corrected chi connectivity index (χ2v) is 5.50. The number of rotatable bonds is 2. The number of benzene rings is 3. The van der Waals surface area contributed by atoms with Gasteiger partial charge in [-0.2, -0.15) is 0 Å². The Morgan fingerprint density at radius 2 is 1.71 bits per heavy atom. The lowest BCUT2D eigenvalue weighted by Crippen LogP contribution is -2.23. The maximum Gasteiger partial charge on any atom is 0.132 e. The van der Waals surface area contributed by atoms with Crippen LogP contribution in [0.4, 0.5) is 4.39 Å². The van der Waals surface area contributed by atoms with Crippen LogP contribution in [0.25, 0.3) is 32.9 Å². The summed E-state index contributed by atoms with van der Waals surface area (Å²) in [6.07, 6.45) is 0. The summed E-state index contributed by atoms with van der Waals surface area (Å²) in [5, 5.41) is 13.9. The number of nitrogens with zero attached hydrogens (tertiary/aromatic N) is 1. The van der Waals surface area contributed by atoms with Crippen molar-refractivity contribution in [3.8, 4) is 11.3 Å². The number of carboxylic acids is 1. The number of carbonyl (C=O) groups is 1. The highest BCUT2D eigenvalue weighted by atomic mass is 19.1. The van der Waals surface area contributed by atoms with E-state index in [4.69, 9.17) is 0 Å². The summed E-state index contributed by atoms with van der Waals surface area (Å²) in [6, 6.07) is 18.6. The van der Waals surface area contributed by atoms with E-state index in [1.807, 2.05) is 30.3 Å². The van der Waals surface area contributed by atoms with Crippen molar-refractivity contribution >= 4 is 27.6 Å². The van der Waals surface area contributed by atoms with Gasteiger partial charge in [0.05, 0.1) is 17.2 Å². The van der Waals surface area contributed by atoms with Gasteiger partial charge in [0, 0.05) is 16.5 Å². The fourth-order valence-electron chi connectivity index (χ4n) is 2.98. The number of halogens is 1. The molecule has 0 fully saturated rings. The SMILES string of the molecule is O=C([O-])c1cc(-c2ccccc2F)nc2ccc3ccccc3c12. The summed E-state index contributed by atoms with van der Waals surface area (Å²) in [4.78, 5) is 16.2. The highest BCUT2D eigenvalue weighted by molar-refractivity contribution is 6.15. The zero-order valence-corrected chi connectivity index (χ0v) is 12.5. The molecule has 0 unspecified atom stereocenters. The lowest BCUT2D eigenvalue weighted by Gasteiger charge is -2.13. The standard InChI is InChI=1S/C20H12FNO2/c21-16-8-4-3-7-14(16)18-11-15(20(23)24)19-13-6-2-1-5-12(13)9-10-17(19)22-18/h1-11H,(H,23,24)/p-1. The fraction of sp³-hybridized carbons (Fsp3) is 0. The molecule has 4 rings (SSSR count). The van der Waals surface area contributed by atoms with Crippen molar-refractivity contribution in [1.29, 1.82) is 0 Å². The fourth-order valence-corrected chi connectivity index (χ4v) is 2.98. The summed E-state index contributed by atoms with van der Waals surface area (Å²) < 4.78 is 14.1. The molecule has 4 heteroatoms. The first-order valence-corrected chi connectivity index (χ1v) is 7.44. The molecule has 0 atom stereocenters. The molecule has 0 aliphatic carbocycles. The van der Waals surface area contributed by atoms with Crippen molar-refractivity contribution in [1.82, 2.24) is 4.98 Å². The number of carbonyl (C=O) groups excluding carboxylic acids is 1. The molecule has 0 aliphatic heterocycles. The van der Waals surface area contributed by atoms with Gasteiger partial charge in [0.1, 0.15) is 5.82 Å². The Balaban J connectivity index is 2.13. The minimum absolute atomic E-state index is 0.00931. The molecule has 0 spiro atoms. The van der Waals surface area contributed by atoms with E-state index in [-0.39, 0.29) is 16.8 Å². The van der Waals surface area contributed by atoms with Gasteiger partial charge in [0.2, 0.25) is 0 Å².